The van der Waals surface area contributed by atoms with E-state index in [4.69, 9.17) is 28.2 Å². The van der Waals surface area contributed by atoms with Gasteiger partial charge in [0.05, 0.1) is 24.3 Å². The fourth-order valence-corrected chi connectivity index (χ4v) is 6.36. The van der Waals surface area contributed by atoms with Crippen LogP contribution in [0.3, 0.4) is 0 Å². The fraction of sp³-hybridized carbons (Fsp3) is 0.220. The first-order valence-electron chi connectivity index (χ1n) is 19.9. The summed E-state index contributed by atoms with van der Waals surface area (Å²) in [5.74, 6) is -1.10. The number of phenolic OH excluding ortho intramolecular Hbond substituents is 1. The van der Waals surface area contributed by atoms with E-state index in [1.165, 1.54) is 12.1 Å². The summed E-state index contributed by atoms with van der Waals surface area (Å²) < 4.78 is 26.9. The molecule has 2 heterocycles. The van der Waals surface area contributed by atoms with Crippen molar-refractivity contribution in [3.05, 3.63) is 164 Å². The maximum Gasteiger partial charge on any atom is 0.344 e. The molecule has 3 N–H and O–H groups in total. The third-order valence-corrected chi connectivity index (χ3v) is 9.55. The lowest BCUT2D eigenvalue weighted by atomic mass is 9.99. The van der Waals surface area contributed by atoms with E-state index in [1.807, 2.05) is 24.3 Å². The summed E-state index contributed by atoms with van der Waals surface area (Å²) in [6, 6.07) is 23.6. The van der Waals surface area contributed by atoms with E-state index in [2.05, 4.69) is 19.7 Å². The van der Waals surface area contributed by atoms with Crippen molar-refractivity contribution >= 4 is 39.8 Å². The normalized spacial score (nSPS) is 10.7. The van der Waals surface area contributed by atoms with Crippen molar-refractivity contribution in [1.29, 1.82) is 0 Å². The van der Waals surface area contributed by atoms with Crippen LogP contribution in [0.15, 0.2) is 140 Å². The second kappa shape index (κ2) is 21.4. The highest BCUT2D eigenvalue weighted by molar-refractivity contribution is 5.90. The number of phenols is 1. The molecule has 0 aliphatic carbocycles. The molecule has 0 saturated heterocycles. The first kappa shape index (κ1) is 46.7. The van der Waals surface area contributed by atoms with Gasteiger partial charge in [-0.05, 0) is 116 Å². The second-order valence-corrected chi connectivity index (χ2v) is 14.8. The predicted octanol–water partition coefficient (Wildman–Crippen LogP) is 7.50. The SMILES string of the molecule is C=C(C)C(=O)OCCc1cc(CCOC(=O)C(=C)C)c2oc(=O)c(-c3ccc(OC(=O)C(=C)C)cc3)cc2c1.O=c1oc2c(CCO)cc(CCO)cc2cc1-c1ccc(O)cc1. The molecule has 0 atom stereocenters. The molecular formula is C50H48O13. The summed E-state index contributed by atoms with van der Waals surface area (Å²) in [6.45, 7) is 15.5. The molecule has 13 heteroatoms. The number of hydrogen-bond acceptors (Lipinski definition) is 13. The Kier molecular flexibility index (Phi) is 15.9. The molecule has 0 bridgehead atoms. The molecule has 6 aromatic rings. The van der Waals surface area contributed by atoms with Crippen LogP contribution < -0.4 is 16.0 Å². The summed E-state index contributed by atoms with van der Waals surface area (Å²) in [6.07, 6.45) is 1.56. The number of aliphatic hydroxyl groups is 2. The Morgan fingerprint density at radius 2 is 0.984 bits per heavy atom. The summed E-state index contributed by atoms with van der Waals surface area (Å²) in [4.78, 5) is 60.7. The quantitative estimate of drug-likeness (QED) is 0.0374. The summed E-state index contributed by atoms with van der Waals surface area (Å²) in [5, 5.41) is 29.2. The Bertz CT molecular complexity index is 2810. The molecule has 0 radical (unpaired) electrons. The van der Waals surface area contributed by atoms with E-state index in [0.29, 0.717) is 81.4 Å². The third kappa shape index (κ3) is 12.4. The van der Waals surface area contributed by atoms with Gasteiger partial charge in [0.1, 0.15) is 22.7 Å². The van der Waals surface area contributed by atoms with Crippen LogP contribution in [0.5, 0.6) is 11.5 Å². The predicted molar refractivity (Wildman–Crippen MR) is 238 cm³/mol. The molecule has 4 aromatic carbocycles. The Morgan fingerprint density at radius 1 is 0.556 bits per heavy atom. The highest BCUT2D eigenvalue weighted by Crippen LogP contribution is 2.29. The highest BCUT2D eigenvalue weighted by atomic mass is 16.5. The van der Waals surface area contributed by atoms with E-state index in [9.17, 15) is 34.2 Å². The zero-order valence-electron chi connectivity index (χ0n) is 35.3. The number of rotatable bonds is 16. The van der Waals surface area contributed by atoms with Crippen molar-refractivity contribution in [2.75, 3.05) is 26.4 Å². The number of ether oxygens (including phenoxy) is 3. The van der Waals surface area contributed by atoms with Crippen molar-refractivity contribution in [1.82, 2.24) is 0 Å². The molecule has 0 fully saturated rings. The topological polar surface area (TPSA) is 200 Å². The lowest BCUT2D eigenvalue weighted by molar-refractivity contribution is -0.139. The van der Waals surface area contributed by atoms with Crippen LogP contribution in [0.2, 0.25) is 0 Å². The molecule has 6 rings (SSSR count). The Balaban J connectivity index is 0.000000265. The molecule has 0 amide bonds. The zero-order valence-corrected chi connectivity index (χ0v) is 35.3. The van der Waals surface area contributed by atoms with Gasteiger partial charge in [-0.25, -0.2) is 24.0 Å². The molecule has 0 aliphatic heterocycles. The van der Waals surface area contributed by atoms with E-state index in [0.717, 1.165) is 22.1 Å². The number of carbonyl (C=O) groups is 3. The van der Waals surface area contributed by atoms with E-state index >= 15 is 0 Å². The van der Waals surface area contributed by atoms with Crippen molar-refractivity contribution in [3.8, 4) is 33.8 Å². The van der Waals surface area contributed by atoms with Gasteiger partial charge in [-0.1, -0.05) is 56.1 Å². The van der Waals surface area contributed by atoms with Gasteiger partial charge < -0.3 is 38.4 Å². The number of carbonyl (C=O) groups excluding carboxylic acids is 3. The number of benzene rings is 4. The summed E-state index contributed by atoms with van der Waals surface area (Å²) >= 11 is 0. The monoisotopic (exact) mass is 856 g/mol. The number of fused-ring (bicyclic) bond motifs is 2. The molecule has 2 aromatic heterocycles. The molecule has 0 saturated carbocycles. The minimum atomic E-state index is -0.558. The van der Waals surface area contributed by atoms with Crippen LogP contribution >= 0.6 is 0 Å². The Hall–Kier alpha value is -7.35. The molecular weight excluding hydrogens is 809 g/mol. The third-order valence-electron chi connectivity index (χ3n) is 9.55. The molecule has 0 unspecified atom stereocenters. The average molecular weight is 857 g/mol. The molecule has 0 aliphatic rings. The van der Waals surface area contributed by atoms with Crippen LogP contribution in [0.4, 0.5) is 0 Å². The lowest BCUT2D eigenvalue weighted by Crippen LogP contribution is -2.11. The van der Waals surface area contributed by atoms with E-state index in [-0.39, 0.29) is 43.3 Å². The van der Waals surface area contributed by atoms with Crippen molar-refractivity contribution in [2.45, 2.75) is 46.5 Å². The van der Waals surface area contributed by atoms with E-state index in [1.54, 1.807) is 69.3 Å². The van der Waals surface area contributed by atoms with Crippen molar-refractivity contribution < 1.29 is 52.7 Å². The van der Waals surface area contributed by atoms with Crippen LogP contribution in [0.1, 0.15) is 43.0 Å². The van der Waals surface area contributed by atoms with Gasteiger partial charge in [-0.2, -0.15) is 0 Å². The largest absolute Gasteiger partial charge is 0.508 e. The van der Waals surface area contributed by atoms with Crippen LogP contribution in [-0.2, 0) is 49.5 Å². The van der Waals surface area contributed by atoms with E-state index < -0.39 is 29.2 Å². The lowest BCUT2D eigenvalue weighted by Gasteiger charge is -2.12. The van der Waals surface area contributed by atoms with Gasteiger partial charge >= 0.3 is 29.2 Å². The van der Waals surface area contributed by atoms with Crippen LogP contribution in [0, 0.1) is 0 Å². The van der Waals surface area contributed by atoms with Gasteiger partial charge in [0.2, 0.25) is 0 Å². The summed E-state index contributed by atoms with van der Waals surface area (Å²) in [5.41, 5.74) is 5.74. The first-order valence-corrected chi connectivity index (χ1v) is 19.9. The van der Waals surface area contributed by atoms with Gasteiger partial charge in [-0.15, -0.1) is 0 Å². The second-order valence-electron chi connectivity index (χ2n) is 14.8. The average Bonchev–Trinajstić information content (AvgIpc) is 3.24. The zero-order chi connectivity index (χ0) is 45.8. The molecule has 13 nitrogen and oxygen atoms in total. The highest BCUT2D eigenvalue weighted by Gasteiger charge is 2.16. The maximum atomic E-state index is 13.0. The molecule has 326 valence electrons. The van der Waals surface area contributed by atoms with Gasteiger partial charge in [0.15, 0.2) is 0 Å². The maximum absolute atomic E-state index is 13.0. The smallest absolute Gasteiger partial charge is 0.344 e. The fourth-order valence-electron chi connectivity index (χ4n) is 6.36. The summed E-state index contributed by atoms with van der Waals surface area (Å²) in [7, 11) is 0. The first-order chi connectivity index (χ1) is 30.1. The molecule has 0 spiro atoms. The van der Waals surface area contributed by atoms with Gasteiger partial charge in [-0.3, -0.25) is 0 Å². The number of aromatic hydroxyl groups is 1. The van der Waals surface area contributed by atoms with Crippen LogP contribution in [0.25, 0.3) is 44.2 Å². The van der Waals surface area contributed by atoms with Crippen LogP contribution in [-0.4, -0.2) is 59.7 Å². The van der Waals surface area contributed by atoms with Crippen molar-refractivity contribution in [3.63, 3.8) is 0 Å². The van der Waals surface area contributed by atoms with Gasteiger partial charge in [0.25, 0.3) is 0 Å². The van der Waals surface area contributed by atoms with Gasteiger partial charge in [0, 0.05) is 53.5 Å². The standard InChI is InChI=1S/C31H30O8.C19H18O5/c1-18(2)28(32)36-13-11-21-15-23(12-14-37-29(33)19(3)4)27-24(16-21)17-26(31(35)39-27)22-7-9-25(10-8-22)38-30(34)20(5)6;20-7-5-12-9-14(6-8-21)18-15(10-12)11-17(19(23)24-18)13-1-3-16(22)4-2-13/h7-10,15-17H,1,3,5,11-14H2,2,4,6H3;1-4,9-11,20-22H,5-8H2. The van der Waals surface area contributed by atoms with Crippen molar-refractivity contribution in [2.24, 2.45) is 0 Å². The Morgan fingerprint density at radius 3 is 1.44 bits per heavy atom. The Labute approximate surface area is 362 Å². The molecule has 63 heavy (non-hydrogen) atoms. The number of aliphatic hydroxyl groups excluding tert-OH is 2. The number of hydrogen-bond donors (Lipinski definition) is 3. The number of esters is 3. The minimum Gasteiger partial charge on any atom is -0.508 e. The minimum absolute atomic E-state index is 0.0195.